The maximum atomic E-state index is 11.2. The van der Waals surface area contributed by atoms with Crippen LogP contribution >= 0.6 is 11.6 Å². The zero-order chi connectivity index (χ0) is 8.72. The van der Waals surface area contributed by atoms with Gasteiger partial charge in [0.05, 0.1) is 0 Å². The molecular formula is C7H8ClN3O. The molecule has 64 valence electrons. The molecule has 0 amide bonds. The molecular weight excluding hydrogens is 178 g/mol. The van der Waals surface area contributed by atoms with Gasteiger partial charge in [0.25, 0.3) is 0 Å². The maximum Gasteiger partial charge on any atom is 0.350 e. The molecule has 1 saturated carbocycles. The van der Waals surface area contributed by atoms with Crippen LogP contribution in [-0.2, 0) is 0 Å². The highest BCUT2D eigenvalue weighted by Crippen LogP contribution is 2.35. The monoisotopic (exact) mass is 185 g/mol. The number of halogens is 1. The Kier molecular flexibility index (Phi) is 1.58. The summed E-state index contributed by atoms with van der Waals surface area (Å²) in [5.41, 5.74) is 5.00. The van der Waals surface area contributed by atoms with Crippen LogP contribution in [0.2, 0.25) is 5.15 Å². The molecule has 0 atom stereocenters. The van der Waals surface area contributed by atoms with Crippen molar-refractivity contribution in [3.63, 3.8) is 0 Å². The van der Waals surface area contributed by atoms with Crippen LogP contribution in [0.15, 0.2) is 10.9 Å². The molecule has 5 heteroatoms. The Morgan fingerprint density at radius 2 is 2.33 bits per heavy atom. The topological polar surface area (TPSA) is 60.9 Å². The van der Waals surface area contributed by atoms with Crippen molar-refractivity contribution in [2.75, 3.05) is 5.73 Å². The van der Waals surface area contributed by atoms with Crippen molar-refractivity contribution in [1.29, 1.82) is 0 Å². The summed E-state index contributed by atoms with van der Waals surface area (Å²) in [6.07, 6.45) is 2.01. The Hall–Kier alpha value is -1.03. The highest BCUT2D eigenvalue weighted by molar-refractivity contribution is 6.29. The number of nitrogens with two attached hydrogens (primary N) is 1. The quantitative estimate of drug-likeness (QED) is 0.659. The van der Waals surface area contributed by atoms with Crippen LogP contribution in [0.5, 0.6) is 0 Å². The summed E-state index contributed by atoms with van der Waals surface area (Å²) in [6, 6.07) is 1.75. The summed E-state index contributed by atoms with van der Waals surface area (Å²) in [5.74, 6) is 0.182. The number of anilines is 1. The molecule has 1 aromatic rings. The van der Waals surface area contributed by atoms with Gasteiger partial charge in [-0.25, -0.2) is 4.79 Å². The van der Waals surface area contributed by atoms with Crippen LogP contribution in [0, 0.1) is 0 Å². The Morgan fingerprint density at radius 1 is 1.67 bits per heavy atom. The Balaban J connectivity index is 2.59. The molecule has 0 spiro atoms. The first kappa shape index (κ1) is 7.61. The normalized spacial score (nSPS) is 16.4. The second-order valence-electron chi connectivity index (χ2n) is 2.89. The molecule has 2 rings (SSSR count). The summed E-state index contributed by atoms with van der Waals surface area (Å²) < 4.78 is 1.48. The molecule has 1 heterocycles. The van der Waals surface area contributed by atoms with Gasteiger partial charge in [0, 0.05) is 12.1 Å². The van der Waals surface area contributed by atoms with Crippen molar-refractivity contribution in [3.05, 3.63) is 21.7 Å². The summed E-state index contributed by atoms with van der Waals surface area (Å²) in [6.45, 7) is 0. The van der Waals surface area contributed by atoms with Crippen molar-refractivity contribution in [2.45, 2.75) is 18.9 Å². The van der Waals surface area contributed by atoms with E-state index in [1.54, 1.807) is 0 Å². The molecule has 1 aromatic heterocycles. The van der Waals surface area contributed by atoms with Crippen molar-refractivity contribution < 1.29 is 0 Å². The molecule has 0 saturated heterocycles. The molecule has 1 aliphatic carbocycles. The lowest BCUT2D eigenvalue weighted by molar-refractivity contribution is 0.684. The zero-order valence-electron chi connectivity index (χ0n) is 6.33. The van der Waals surface area contributed by atoms with Crippen LogP contribution in [0.4, 0.5) is 5.82 Å². The van der Waals surface area contributed by atoms with Crippen LogP contribution in [0.25, 0.3) is 0 Å². The van der Waals surface area contributed by atoms with E-state index in [0.29, 0.717) is 5.15 Å². The van der Waals surface area contributed by atoms with Gasteiger partial charge in [0.15, 0.2) is 0 Å². The second kappa shape index (κ2) is 2.48. The molecule has 0 unspecified atom stereocenters. The smallest absolute Gasteiger partial charge is 0.350 e. The van der Waals surface area contributed by atoms with E-state index in [4.69, 9.17) is 17.3 Å². The van der Waals surface area contributed by atoms with E-state index in [2.05, 4.69) is 4.98 Å². The SMILES string of the molecule is Nc1cc(Cl)n(C2CC2)c(=O)n1. The van der Waals surface area contributed by atoms with E-state index in [0.717, 1.165) is 12.8 Å². The molecule has 0 radical (unpaired) electrons. The lowest BCUT2D eigenvalue weighted by atomic mass is 10.5. The van der Waals surface area contributed by atoms with E-state index in [9.17, 15) is 4.79 Å². The lowest BCUT2D eigenvalue weighted by Gasteiger charge is -2.04. The van der Waals surface area contributed by atoms with E-state index in [1.165, 1.54) is 10.6 Å². The highest BCUT2D eigenvalue weighted by Gasteiger charge is 2.26. The summed E-state index contributed by atoms with van der Waals surface area (Å²) >= 11 is 5.81. The minimum absolute atomic E-state index is 0.182. The summed E-state index contributed by atoms with van der Waals surface area (Å²) in [7, 11) is 0. The van der Waals surface area contributed by atoms with Gasteiger partial charge in [0.1, 0.15) is 11.0 Å². The van der Waals surface area contributed by atoms with Crippen molar-refractivity contribution in [1.82, 2.24) is 9.55 Å². The first-order valence-corrected chi connectivity index (χ1v) is 4.11. The molecule has 2 N–H and O–H groups in total. The largest absolute Gasteiger partial charge is 0.383 e. The van der Waals surface area contributed by atoms with Crippen molar-refractivity contribution >= 4 is 17.4 Å². The van der Waals surface area contributed by atoms with Gasteiger partial charge in [0.2, 0.25) is 0 Å². The van der Waals surface area contributed by atoms with Gasteiger partial charge in [-0.15, -0.1) is 0 Å². The summed E-state index contributed by atoms with van der Waals surface area (Å²) in [5, 5.41) is 0.384. The number of rotatable bonds is 1. The van der Waals surface area contributed by atoms with Gasteiger partial charge in [-0.05, 0) is 12.8 Å². The number of nitrogens with zero attached hydrogens (tertiary/aromatic N) is 2. The van der Waals surface area contributed by atoms with Crippen molar-refractivity contribution in [2.24, 2.45) is 0 Å². The van der Waals surface area contributed by atoms with Crippen LogP contribution in [0.1, 0.15) is 18.9 Å². The summed E-state index contributed by atoms with van der Waals surface area (Å²) in [4.78, 5) is 14.8. The standard InChI is InChI=1S/C7H8ClN3O/c8-5-3-6(9)10-7(12)11(5)4-1-2-4/h3-4H,1-2H2,(H2,9,10,12). The van der Waals surface area contributed by atoms with Crippen LogP contribution in [0.3, 0.4) is 0 Å². The molecule has 4 nitrogen and oxygen atoms in total. The van der Waals surface area contributed by atoms with E-state index < -0.39 is 0 Å². The molecule has 12 heavy (non-hydrogen) atoms. The first-order valence-electron chi connectivity index (χ1n) is 3.73. The van der Waals surface area contributed by atoms with Crippen molar-refractivity contribution in [3.8, 4) is 0 Å². The Morgan fingerprint density at radius 3 is 2.83 bits per heavy atom. The number of nitrogen functional groups attached to an aromatic ring is 1. The zero-order valence-corrected chi connectivity index (χ0v) is 7.08. The second-order valence-corrected chi connectivity index (χ2v) is 3.27. The first-order chi connectivity index (χ1) is 5.68. The maximum absolute atomic E-state index is 11.2. The third-order valence-corrected chi connectivity index (χ3v) is 2.13. The highest BCUT2D eigenvalue weighted by atomic mass is 35.5. The fraction of sp³-hybridized carbons (Fsp3) is 0.429. The average molecular weight is 186 g/mol. The molecule has 1 aliphatic rings. The van der Waals surface area contributed by atoms with E-state index in [1.807, 2.05) is 0 Å². The van der Waals surface area contributed by atoms with Gasteiger partial charge in [-0.3, -0.25) is 4.57 Å². The number of hydrogen-bond acceptors (Lipinski definition) is 3. The average Bonchev–Trinajstić information content (AvgIpc) is 2.68. The van der Waals surface area contributed by atoms with Gasteiger partial charge in [-0.1, -0.05) is 11.6 Å². The lowest BCUT2D eigenvalue weighted by Crippen LogP contribution is -2.23. The molecule has 0 aliphatic heterocycles. The van der Waals surface area contributed by atoms with Gasteiger partial charge >= 0.3 is 5.69 Å². The Labute approximate surface area is 74.0 Å². The number of hydrogen-bond donors (Lipinski definition) is 1. The van der Waals surface area contributed by atoms with E-state index in [-0.39, 0.29) is 17.5 Å². The Bertz CT molecular complexity index is 369. The predicted molar refractivity (Wildman–Crippen MR) is 46.2 cm³/mol. The molecule has 0 aromatic carbocycles. The fourth-order valence-electron chi connectivity index (χ4n) is 1.14. The van der Waals surface area contributed by atoms with Crippen LogP contribution < -0.4 is 11.4 Å². The molecule has 1 fully saturated rings. The third-order valence-electron chi connectivity index (χ3n) is 1.84. The van der Waals surface area contributed by atoms with Gasteiger partial charge < -0.3 is 5.73 Å². The minimum Gasteiger partial charge on any atom is -0.383 e. The fourth-order valence-corrected chi connectivity index (χ4v) is 1.46. The number of aromatic nitrogens is 2. The van der Waals surface area contributed by atoms with E-state index >= 15 is 0 Å². The minimum atomic E-state index is -0.345. The van der Waals surface area contributed by atoms with Gasteiger partial charge in [-0.2, -0.15) is 4.98 Å². The van der Waals surface area contributed by atoms with Crippen LogP contribution in [-0.4, -0.2) is 9.55 Å². The molecule has 0 bridgehead atoms. The predicted octanol–water partition coefficient (Wildman–Crippen LogP) is 0.814. The third kappa shape index (κ3) is 1.18.